The van der Waals surface area contributed by atoms with E-state index < -0.39 is 0 Å². The molecule has 0 aliphatic carbocycles. The third kappa shape index (κ3) is 2.47. The minimum absolute atomic E-state index is 0.693. The van der Waals surface area contributed by atoms with Gasteiger partial charge in [-0.3, -0.25) is 4.90 Å². The number of aromatic nitrogens is 1. The molecule has 2 fully saturated rings. The van der Waals surface area contributed by atoms with Gasteiger partial charge in [-0.2, -0.15) is 0 Å². The molecule has 3 rings (SSSR count). The van der Waals surface area contributed by atoms with Crippen molar-refractivity contribution in [2.75, 3.05) is 31.6 Å². The fraction of sp³-hybridized carbons (Fsp3) is 0.667. The van der Waals surface area contributed by atoms with Gasteiger partial charge in [0.2, 0.25) is 0 Å². The minimum atomic E-state index is 0.693. The van der Waals surface area contributed by atoms with E-state index in [4.69, 9.17) is 5.73 Å². The number of anilines is 1. The van der Waals surface area contributed by atoms with Crippen molar-refractivity contribution >= 4 is 5.82 Å². The zero-order chi connectivity index (χ0) is 13.2. The van der Waals surface area contributed by atoms with Crippen molar-refractivity contribution in [1.82, 2.24) is 9.88 Å². The third-order valence-electron chi connectivity index (χ3n) is 4.73. The summed E-state index contributed by atoms with van der Waals surface area (Å²) in [6.07, 6.45) is 6.78. The summed E-state index contributed by atoms with van der Waals surface area (Å²) in [5.41, 5.74) is 7.01. The van der Waals surface area contributed by atoms with Crippen LogP contribution in [0.2, 0.25) is 0 Å². The van der Waals surface area contributed by atoms with Crippen LogP contribution in [-0.4, -0.2) is 48.6 Å². The van der Waals surface area contributed by atoms with Gasteiger partial charge in [-0.25, -0.2) is 4.98 Å². The average Bonchev–Trinajstić information content (AvgIpc) is 2.65. The summed E-state index contributed by atoms with van der Waals surface area (Å²) < 4.78 is 0. The molecule has 0 aromatic carbocycles. The summed E-state index contributed by atoms with van der Waals surface area (Å²) in [6.45, 7) is 2.93. The molecule has 0 amide bonds. The lowest BCUT2D eigenvalue weighted by molar-refractivity contribution is 0.254. The standard InChI is InChI=1S/C15H24N4/c1-18-13-4-5-14(18)11-19(10-7-13)15-12(6-8-16)3-2-9-17-15/h2-3,9,13-14H,4-8,10-11,16H2,1H3. The Bertz CT molecular complexity index is 434. The van der Waals surface area contributed by atoms with Crippen molar-refractivity contribution in [2.24, 2.45) is 5.73 Å². The molecule has 0 saturated carbocycles. The lowest BCUT2D eigenvalue weighted by Gasteiger charge is -2.28. The Balaban J connectivity index is 1.82. The molecule has 1 aromatic rings. The topological polar surface area (TPSA) is 45.4 Å². The number of nitrogens with zero attached hydrogens (tertiary/aromatic N) is 3. The predicted octanol–water partition coefficient (Wildman–Crippen LogP) is 1.26. The van der Waals surface area contributed by atoms with Crippen LogP contribution in [0, 0.1) is 0 Å². The van der Waals surface area contributed by atoms with Crippen LogP contribution in [0.25, 0.3) is 0 Å². The van der Waals surface area contributed by atoms with Gasteiger partial charge < -0.3 is 10.6 Å². The van der Waals surface area contributed by atoms with Crippen LogP contribution in [0.5, 0.6) is 0 Å². The van der Waals surface area contributed by atoms with E-state index in [0.29, 0.717) is 12.6 Å². The SMILES string of the molecule is CN1C2CCC1CN(c1ncccc1CCN)CC2. The van der Waals surface area contributed by atoms with Gasteiger partial charge in [-0.15, -0.1) is 0 Å². The Morgan fingerprint density at radius 1 is 1.32 bits per heavy atom. The van der Waals surface area contributed by atoms with Crippen LogP contribution in [0.4, 0.5) is 5.82 Å². The Labute approximate surface area is 115 Å². The number of likely N-dealkylation sites (N-methyl/N-ethyl adjacent to an activating group) is 1. The molecule has 4 nitrogen and oxygen atoms in total. The van der Waals surface area contributed by atoms with Crippen molar-refractivity contribution in [3.8, 4) is 0 Å². The second-order valence-electron chi connectivity index (χ2n) is 5.81. The zero-order valence-corrected chi connectivity index (χ0v) is 11.8. The Hall–Kier alpha value is -1.13. The van der Waals surface area contributed by atoms with Gasteiger partial charge in [0.1, 0.15) is 5.82 Å². The van der Waals surface area contributed by atoms with Gasteiger partial charge in [-0.05, 0) is 50.9 Å². The monoisotopic (exact) mass is 260 g/mol. The van der Waals surface area contributed by atoms with Crippen LogP contribution in [0.3, 0.4) is 0 Å². The molecule has 2 aliphatic rings. The summed E-state index contributed by atoms with van der Waals surface area (Å²) in [4.78, 5) is 9.68. The molecule has 2 bridgehead atoms. The van der Waals surface area contributed by atoms with Crippen LogP contribution < -0.4 is 10.6 Å². The van der Waals surface area contributed by atoms with Gasteiger partial charge in [-0.1, -0.05) is 6.07 Å². The largest absolute Gasteiger partial charge is 0.355 e. The molecule has 2 unspecified atom stereocenters. The third-order valence-corrected chi connectivity index (χ3v) is 4.73. The fourth-order valence-electron chi connectivity index (χ4n) is 3.57. The predicted molar refractivity (Wildman–Crippen MR) is 78.4 cm³/mol. The van der Waals surface area contributed by atoms with Crippen molar-refractivity contribution in [2.45, 2.75) is 37.8 Å². The lowest BCUT2D eigenvalue weighted by atomic mass is 10.1. The van der Waals surface area contributed by atoms with Crippen LogP contribution in [-0.2, 0) is 6.42 Å². The summed E-state index contributed by atoms with van der Waals surface area (Å²) in [5, 5.41) is 0. The maximum absolute atomic E-state index is 5.72. The number of fused-ring (bicyclic) bond motifs is 2. The van der Waals surface area contributed by atoms with E-state index in [-0.39, 0.29) is 0 Å². The molecule has 0 radical (unpaired) electrons. The Morgan fingerprint density at radius 2 is 2.16 bits per heavy atom. The molecule has 2 N–H and O–H groups in total. The molecule has 1 aromatic heterocycles. The molecule has 3 heterocycles. The molecule has 104 valence electrons. The van der Waals surface area contributed by atoms with Crippen molar-refractivity contribution < 1.29 is 0 Å². The first-order chi connectivity index (χ1) is 9.29. The smallest absolute Gasteiger partial charge is 0.131 e. The van der Waals surface area contributed by atoms with Crippen LogP contribution in [0.15, 0.2) is 18.3 Å². The van der Waals surface area contributed by atoms with Crippen molar-refractivity contribution in [3.63, 3.8) is 0 Å². The van der Waals surface area contributed by atoms with E-state index in [1.54, 1.807) is 0 Å². The summed E-state index contributed by atoms with van der Waals surface area (Å²) in [6, 6.07) is 5.66. The van der Waals surface area contributed by atoms with Gasteiger partial charge >= 0.3 is 0 Å². The van der Waals surface area contributed by atoms with Gasteiger partial charge in [0.05, 0.1) is 0 Å². The van der Waals surface area contributed by atoms with Crippen LogP contribution in [0.1, 0.15) is 24.8 Å². The van der Waals surface area contributed by atoms with Crippen LogP contribution >= 0.6 is 0 Å². The first kappa shape index (κ1) is 12.9. The maximum atomic E-state index is 5.72. The first-order valence-electron chi connectivity index (χ1n) is 7.40. The lowest BCUT2D eigenvalue weighted by Crippen LogP contribution is -2.37. The number of hydrogen-bond donors (Lipinski definition) is 1. The molecule has 2 saturated heterocycles. The van der Waals surface area contributed by atoms with E-state index in [0.717, 1.165) is 31.4 Å². The van der Waals surface area contributed by atoms with Crippen molar-refractivity contribution in [1.29, 1.82) is 0 Å². The summed E-state index contributed by atoms with van der Waals surface area (Å²) in [7, 11) is 2.28. The Morgan fingerprint density at radius 3 is 3.00 bits per heavy atom. The van der Waals surface area contributed by atoms with E-state index in [2.05, 4.69) is 27.9 Å². The van der Waals surface area contributed by atoms with E-state index in [1.807, 2.05) is 12.3 Å². The first-order valence-corrected chi connectivity index (χ1v) is 7.40. The summed E-state index contributed by atoms with van der Waals surface area (Å²) in [5.74, 6) is 1.16. The number of rotatable bonds is 3. The van der Waals surface area contributed by atoms with Crippen molar-refractivity contribution in [3.05, 3.63) is 23.9 Å². The summed E-state index contributed by atoms with van der Waals surface area (Å²) >= 11 is 0. The number of hydrogen-bond acceptors (Lipinski definition) is 4. The second kappa shape index (κ2) is 5.47. The van der Waals surface area contributed by atoms with Gasteiger partial charge in [0, 0.05) is 31.4 Å². The Kier molecular flexibility index (Phi) is 3.71. The molecule has 2 aliphatic heterocycles. The average molecular weight is 260 g/mol. The molecular formula is C15H24N4. The van der Waals surface area contributed by atoms with E-state index in [1.165, 1.54) is 24.8 Å². The van der Waals surface area contributed by atoms with E-state index in [9.17, 15) is 0 Å². The van der Waals surface area contributed by atoms with Gasteiger partial charge in [0.15, 0.2) is 0 Å². The van der Waals surface area contributed by atoms with E-state index >= 15 is 0 Å². The quantitative estimate of drug-likeness (QED) is 0.888. The number of pyridine rings is 1. The molecular weight excluding hydrogens is 236 g/mol. The molecule has 4 heteroatoms. The highest BCUT2D eigenvalue weighted by atomic mass is 15.3. The minimum Gasteiger partial charge on any atom is -0.355 e. The highest BCUT2D eigenvalue weighted by Gasteiger charge is 2.35. The maximum Gasteiger partial charge on any atom is 0.131 e. The fourth-order valence-corrected chi connectivity index (χ4v) is 3.57. The highest BCUT2D eigenvalue weighted by molar-refractivity contribution is 5.47. The normalized spacial score (nSPS) is 27.6. The van der Waals surface area contributed by atoms with Gasteiger partial charge in [0.25, 0.3) is 0 Å². The second-order valence-corrected chi connectivity index (χ2v) is 5.81. The number of nitrogens with two attached hydrogens (primary N) is 1. The molecule has 19 heavy (non-hydrogen) atoms. The molecule has 0 spiro atoms. The molecule has 2 atom stereocenters. The zero-order valence-electron chi connectivity index (χ0n) is 11.8. The highest BCUT2D eigenvalue weighted by Crippen LogP contribution is 2.31.